The summed E-state index contributed by atoms with van der Waals surface area (Å²) in [6, 6.07) is 8.37. The smallest absolute Gasteiger partial charge is 0.241 e. The fourth-order valence-corrected chi connectivity index (χ4v) is 3.68. The maximum Gasteiger partial charge on any atom is 0.241 e. The molecular formula is C18H28N4O2. The second kappa shape index (κ2) is 6.61. The number of benzene rings is 1. The second-order valence-corrected chi connectivity index (χ2v) is 7.40. The third-order valence-corrected chi connectivity index (χ3v) is 4.99. The van der Waals surface area contributed by atoms with Crippen LogP contribution in [0.25, 0.3) is 0 Å². The van der Waals surface area contributed by atoms with Crippen molar-refractivity contribution in [3.05, 3.63) is 24.3 Å². The Bertz CT molecular complexity index is 587. The molecule has 2 aliphatic rings. The largest absolute Gasteiger partial charge is 0.497 e. The van der Waals surface area contributed by atoms with Gasteiger partial charge in [0.15, 0.2) is 0 Å². The lowest BCUT2D eigenvalue weighted by Gasteiger charge is -2.49. The number of nitrogens with zero attached hydrogens (tertiary/aromatic N) is 2. The molecule has 2 unspecified atom stereocenters. The molecule has 24 heavy (non-hydrogen) atoms. The third-order valence-electron chi connectivity index (χ3n) is 4.99. The van der Waals surface area contributed by atoms with Crippen molar-refractivity contribution in [2.24, 2.45) is 0 Å². The summed E-state index contributed by atoms with van der Waals surface area (Å²) in [5, 5.41) is 0. The molecular weight excluding hydrogens is 304 g/mol. The van der Waals surface area contributed by atoms with Gasteiger partial charge in [-0.15, -0.1) is 0 Å². The van der Waals surface area contributed by atoms with Crippen LogP contribution in [-0.2, 0) is 4.79 Å². The first-order chi connectivity index (χ1) is 11.4. The zero-order valence-electron chi connectivity index (χ0n) is 15.0. The summed E-state index contributed by atoms with van der Waals surface area (Å²) in [5.74, 6) is 1.06. The first kappa shape index (κ1) is 17.0. The Kier molecular flexibility index (Phi) is 4.69. The maximum atomic E-state index is 12.7. The molecule has 6 heteroatoms. The van der Waals surface area contributed by atoms with Crippen molar-refractivity contribution in [1.82, 2.24) is 15.8 Å². The standard InChI is InChI=1S/C18H28N4O2/c1-13-11-16(20-19-13)17(23)21-9-10-22(18(2,3)12-21)14-5-7-15(24-4)8-6-14/h5-8,13,16,19-20H,9-12H2,1-4H3. The normalized spacial score (nSPS) is 26.5. The van der Waals surface area contributed by atoms with Crippen molar-refractivity contribution in [3.8, 4) is 5.75 Å². The van der Waals surface area contributed by atoms with Crippen LogP contribution in [0.3, 0.4) is 0 Å². The van der Waals surface area contributed by atoms with Gasteiger partial charge in [-0.25, -0.2) is 5.43 Å². The van der Waals surface area contributed by atoms with Gasteiger partial charge in [0.25, 0.3) is 0 Å². The molecule has 0 bridgehead atoms. The van der Waals surface area contributed by atoms with Crippen LogP contribution in [-0.4, -0.2) is 55.2 Å². The van der Waals surface area contributed by atoms with Crippen molar-refractivity contribution in [2.45, 2.75) is 44.8 Å². The highest BCUT2D eigenvalue weighted by atomic mass is 16.5. The van der Waals surface area contributed by atoms with Gasteiger partial charge in [-0.05, 0) is 51.5 Å². The van der Waals surface area contributed by atoms with E-state index >= 15 is 0 Å². The summed E-state index contributed by atoms with van der Waals surface area (Å²) in [7, 11) is 1.68. The summed E-state index contributed by atoms with van der Waals surface area (Å²) in [4.78, 5) is 17.1. The molecule has 2 saturated heterocycles. The lowest BCUT2D eigenvalue weighted by Crippen LogP contribution is -2.62. The van der Waals surface area contributed by atoms with Crippen molar-refractivity contribution in [2.75, 3.05) is 31.6 Å². The summed E-state index contributed by atoms with van der Waals surface area (Å²) in [5.41, 5.74) is 7.31. The van der Waals surface area contributed by atoms with Crippen LogP contribution in [0.2, 0.25) is 0 Å². The first-order valence-electron chi connectivity index (χ1n) is 8.62. The maximum absolute atomic E-state index is 12.7. The Balaban J connectivity index is 1.68. The van der Waals surface area contributed by atoms with E-state index in [1.165, 1.54) is 5.69 Å². The minimum atomic E-state index is -0.111. The second-order valence-electron chi connectivity index (χ2n) is 7.40. The number of hydrogen-bond acceptors (Lipinski definition) is 5. The lowest BCUT2D eigenvalue weighted by atomic mass is 9.96. The summed E-state index contributed by atoms with van der Waals surface area (Å²) in [6.45, 7) is 8.79. The molecule has 6 nitrogen and oxygen atoms in total. The number of carbonyl (C=O) groups excluding carboxylic acids is 1. The van der Waals surface area contributed by atoms with E-state index in [1.54, 1.807) is 7.11 Å². The average Bonchev–Trinajstić information content (AvgIpc) is 3.00. The Hall–Kier alpha value is -1.79. The average molecular weight is 332 g/mol. The summed E-state index contributed by atoms with van der Waals surface area (Å²) < 4.78 is 5.24. The predicted octanol–water partition coefficient (Wildman–Crippen LogP) is 1.38. The molecule has 0 spiro atoms. The fourth-order valence-electron chi connectivity index (χ4n) is 3.68. The lowest BCUT2D eigenvalue weighted by molar-refractivity contribution is -0.134. The SMILES string of the molecule is COc1ccc(N2CCN(C(=O)C3CC(C)NN3)CC2(C)C)cc1. The molecule has 0 saturated carbocycles. The number of hydrazine groups is 1. The van der Waals surface area contributed by atoms with Gasteiger partial charge in [0.1, 0.15) is 11.8 Å². The van der Waals surface area contributed by atoms with E-state index < -0.39 is 0 Å². The number of amides is 1. The van der Waals surface area contributed by atoms with E-state index in [9.17, 15) is 4.79 Å². The van der Waals surface area contributed by atoms with Crippen LogP contribution in [0.5, 0.6) is 5.75 Å². The van der Waals surface area contributed by atoms with Gasteiger partial charge < -0.3 is 14.5 Å². The van der Waals surface area contributed by atoms with E-state index in [1.807, 2.05) is 17.0 Å². The molecule has 1 aromatic carbocycles. The van der Waals surface area contributed by atoms with Crippen LogP contribution in [0, 0.1) is 0 Å². The molecule has 0 radical (unpaired) electrons. The van der Waals surface area contributed by atoms with Crippen molar-refractivity contribution in [1.29, 1.82) is 0 Å². The van der Waals surface area contributed by atoms with Crippen molar-refractivity contribution < 1.29 is 9.53 Å². The van der Waals surface area contributed by atoms with Crippen molar-refractivity contribution in [3.63, 3.8) is 0 Å². The molecule has 2 aliphatic heterocycles. The number of carbonyl (C=O) groups is 1. The molecule has 0 aromatic heterocycles. The monoisotopic (exact) mass is 332 g/mol. The highest BCUT2D eigenvalue weighted by molar-refractivity contribution is 5.82. The first-order valence-corrected chi connectivity index (χ1v) is 8.62. The molecule has 2 N–H and O–H groups in total. The van der Waals surface area contributed by atoms with E-state index in [4.69, 9.17) is 4.74 Å². The number of methoxy groups -OCH3 is 1. The van der Waals surface area contributed by atoms with Gasteiger partial charge in [-0.3, -0.25) is 10.2 Å². The third kappa shape index (κ3) is 3.35. The van der Waals surface area contributed by atoms with E-state index in [-0.39, 0.29) is 17.5 Å². The highest BCUT2D eigenvalue weighted by Gasteiger charge is 2.38. The van der Waals surface area contributed by atoms with E-state index in [2.05, 4.69) is 48.7 Å². The Morgan fingerprint density at radius 1 is 1.21 bits per heavy atom. The van der Waals surface area contributed by atoms with Crippen LogP contribution in [0.15, 0.2) is 24.3 Å². The van der Waals surface area contributed by atoms with Gasteiger partial charge in [0, 0.05) is 31.4 Å². The minimum absolute atomic E-state index is 0.108. The quantitative estimate of drug-likeness (QED) is 0.876. The molecule has 132 valence electrons. The molecule has 2 atom stereocenters. The number of anilines is 1. The van der Waals surface area contributed by atoms with Crippen molar-refractivity contribution >= 4 is 11.6 Å². The zero-order valence-corrected chi connectivity index (χ0v) is 15.0. The fraction of sp³-hybridized carbons (Fsp3) is 0.611. The minimum Gasteiger partial charge on any atom is -0.497 e. The van der Waals surface area contributed by atoms with Gasteiger partial charge in [-0.2, -0.15) is 0 Å². The van der Waals surface area contributed by atoms with E-state index in [0.717, 1.165) is 31.8 Å². The van der Waals surface area contributed by atoms with Gasteiger partial charge >= 0.3 is 0 Å². The van der Waals surface area contributed by atoms with Crippen LogP contribution in [0.4, 0.5) is 5.69 Å². The number of ether oxygens (including phenoxy) is 1. The highest BCUT2D eigenvalue weighted by Crippen LogP contribution is 2.29. The molecule has 2 heterocycles. The predicted molar refractivity (Wildman–Crippen MR) is 95.1 cm³/mol. The van der Waals surface area contributed by atoms with E-state index in [0.29, 0.717) is 6.04 Å². The number of piperazine rings is 1. The van der Waals surface area contributed by atoms with Gasteiger partial charge in [-0.1, -0.05) is 0 Å². The van der Waals surface area contributed by atoms with Gasteiger partial charge in [0.05, 0.1) is 12.6 Å². The van der Waals surface area contributed by atoms with Crippen LogP contribution < -0.4 is 20.5 Å². The Morgan fingerprint density at radius 2 is 1.92 bits per heavy atom. The molecule has 1 amide bonds. The summed E-state index contributed by atoms with van der Waals surface area (Å²) >= 11 is 0. The summed E-state index contributed by atoms with van der Waals surface area (Å²) in [6.07, 6.45) is 0.845. The zero-order chi connectivity index (χ0) is 17.3. The van der Waals surface area contributed by atoms with Gasteiger partial charge in [0.2, 0.25) is 5.91 Å². The number of rotatable bonds is 3. The molecule has 2 fully saturated rings. The Labute approximate surface area is 144 Å². The molecule has 1 aromatic rings. The van der Waals surface area contributed by atoms with Crippen LogP contribution in [0.1, 0.15) is 27.2 Å². The number of hydrogen-bond donors (Lipinski definition) is 2. The Morgan fingerprint density at radius 3 is 2.46 bits per heavy atom. The number of nitrogens with one attached hydrogen (secondary N) is 2. The van der Waals surface area contributed by atoms with Crippen LogP contribution >= 0.6 is 0 Å². The topological polar surface area (TPSA) is 56.8 Å². The molecule has 0 aliphatic carbocycles. The molecule has 3 rings (SSSR count).